The third-order valence-corrected chi connectivity index (χ3v) is 4.57. The zero-order chi connectivity index (χ0) is 25.6. The lowest BCUT2D eigenvalue weighted by atomic mass is 10.0. The molecule has 0 aliphatic rings. The minimum absolute atomic E-state index is 0. The van der Waals surface area contributed by atoms with Gasteiger partial charge in [-0.05, 0) is 6.42 Å². The first-order valence-corrected chi connectivity index (χ1v) is 12.0. The van der Waals surface area contributed by atoms with Crippen molar-refractivity contribution in [3.63, 3.8) is 0 Å². The quantitative estimate of drug-likeness (QED) is 0.157. The molecule has 1 atom stereocenters. The molecule has 0 bridgehead atoms. The van der Waals surface area contributed by atoms with Crippen molar-refractivity contribution in [3.8, 4) is 24.7 Å². The number of terminal acetylenes is 2. The predicted molar refractivity (Wildman–Crippen MR) is 153 cm³/mol. The molecule has 1 unspecified atom stereocenters. The van der Waals surface area contributed by atoms with Gasteiger partial charge in [-0.3, -0.25) is 14.6 Å². The van der Waals surface area contributed by atoms with Crippen molar-refractivity contribution in [3.05, 3.63) is 71.8 Å². The summed E-state index contributed by atoms with van der Waals surface area (Å²) in [6.45, 7) is 0.0234. The van der Waals surface area contributed by atoms with Crippen molar-refractivity contribution in [1.82, 2.24) is 0 Å². The van der Waals surface area contributed by atoms with Crippen molar-refractivity contribution in [2.45, 2.75) is 25.3 Å². The van der Waals surface area contributed by atoms with E-state index in [-0.39, 0.29) is 24.9 Å². The number of nitrogens with zero attached hydrogens (tertiary/aromatic N) is 1. The molecular formula is C27H32ClIN2O4. The number of ether oxygens (including phenoxy) is 2. The topological polar surface area (TPSA) is 91.0 Å². The van der Waals surface area contributed by atoms with Crippen molar-refractivity contribution in [1.29, 1.82) is 0 Å². The van der Waals surface area contributed by atoms with E-state index in [4.69, 9.17) is 18.6 Å². The Hall–Kier alpha value is -2.85. The van der Waals surface area contributed by atoms with Gasteiger partial charge in [-0.1, -0.05) is 83.3 Å². The van der Waals surface area contributed by atoms with Crippen LogP contribution in [-0.4, -0.2) is 48.9 Å². The molecule has 8 heteroatoms. The Morgan fingerprint density at radius 1 is 0.943 bits per heavy atom. The highest BCUT2D eigenvalue weighted by Gasteiger charge is 2.11. The Morgan fingerprint density at radius 2 is 1.43 bits per heavy atom. The molecule has 0 spiro atoms. The standard InChI is InChI=1S/C16H15NO2.C7H11NO2.C4H5I.ClH/c1-19-15(18)12-17-16(13-8-4-2-5-9-13)14-10-6-3-7-11-14;1-3-4-5-6(8)7(9)10-2;1-2-3-4-5;/h2-11H,12H2,1H3;1,6H,4-5,8H2,2H3;1H,3-4H2;1H. The summed E-state index contributed by atoms with van der Waals surface area (Å²) in [4.78, 5) is 26.2. The lowest BCUT2D eigenvalue weighted by Gasteiger charge is -2.07. The zero-order valence-corrected chi connectivity index (χ0v) is 23.0. The van der Waals surface area contributed by atoms with Gasteiger partial charge in [0.2, 0.25) is 0 Å². The Kier molecular flexibility index (Phi) is 22.5. The van der Waals surface area contributed by atoms with E-state index in [1.54, 1.807) is 0 Å². The fraction of sp³-hybridized carbons (Fsp3) is 0.296. The summed E-state index contributed by atoms with van der Waals surface area (Å²) in [6.07, 6.45) is 11.7. The van der Waals surface area contributed by atoms with E-state index >= 15 is 0 Å². The van der Waals surface area contributed by atoms with Crippen LogP contribution in [0.5, 0.6) is 0 Å². The summed E-state index contributed by atoms with van der Waals surface area (Å²) < 4.78 is 10.1. The number of hydrogen-bond acceptors (Lipinski definition) is 6. The highest BCUT2D eigenvalue weighted by Crippen LogP contribution is 2.10. The summed E-state index contributed by atoms with van der Waals surface area (Å²) in [6, 6.07) is 19.0. The molecule has 2 rings (SSSR count). The zero-order valence-electron chi connectivity index (χ0n) is 20.0. The number of aliphatic imine (C=N–C) groups is 1. The number of carbonyl (C=O) groups excluding carboxylic acids is 2. The minimum atomic E-state index is -0.568. The van der Waals surface area contributed by atoms with Crippen LogP contribution in [0.2, 0.25) is 0 Å². The van der Waals surface area contributed by atoms with Gasteiger partial charge in [-0.15, -0.1) is 37.1 Å². The number of carbonyl (C=O) groups is 2. The molecule has 0 aliphatic heterocycles. The Morgan fingerprint density at radius 3 is 1.77 bits per heavy atom. The molecule has 0 amide bonds. The van der Waals surface area contributed by atoms with Gasteiger partial charge in [0, 0.05) is 28.4 Å². The van der Waals surface area contributed by atoms with Crippen molar-refractivity contribution < 1.29 is 19.1 Å². The van der Waals surface area contributed by atoms with Gasteiger partial charge in [-0.25, -0.2) is 0 Å². The predicted octanol–water partition coefficient (Wildman–Crippen LogP) is 4.46. The normalized spacial score (nSPS) is 9.54. The molecule has 0 fully saturated rings. The molecule has 2 aromatic rings. The number of alkyl halides is 1. The second kappa shape index (κ2) is 22.9. The third-order valence-electron chi connectivity index (χ3n) is 4.03. The summed E-state index contributed by atoms with van der Waals surface area (Å²) in [7, 11) is 2.67. The fourth-order valence-corrected chi connectivity index (χ4v) is 2.62. The summed E-state index contributed by atoms with van der Waals surface area (Å²) >= 11 is 2.24. The first-order chi connectivity index (χ1) is 16.4. The second-order valence-corrected chi connectivity index (χ2v) is 7.57. The van der Waals surface area contributed by atoms with Gasteiger partial charge in [0.25, 0.3) is 0 Å². The summed E-state index contributed by atoms with van der Waals surface area (Å²) in [5.74, 6) is 4.15. The van der Waals surface area contributed by atoms with Crippen LogP contribution in [0.25, 0.3) is 0 Å². The minimum Gasteiger partial charge on any atom is -0.468 e. The van der Waals surface area contributed by atoms with Crippen LogP contribution in [0.15, 0.2) is 65.7 Å². The molecule has 0 aromatic heterocycles. The van der Waals surface area contributed by atoms with E-state index in [1.807, 2.05) is 60.7 Å². The van der Waals surface area contributed by atoms with E-state index in [0.717, 1.165) is 27.7 Å². The van der Waals surface area contributed by atoms with Gasteiger partial charge < -0.3 is 15.2 Å². The first-order valence-electron chi connectivity index (χ1n) is 10.4. The lowest BCUT2D eigenvalue weighted by Crippen LogP contribution is -2.31. The summed E-state index contributed by atoms with van der Waals surface area (Å²) in [5, 5.41) is 0. The summed E-state index contributed by atoms with van der Waals surface area (Å²) in [5.41, 5.74) is 8.11. The molecule has 188 valence electrons. The van der Waals surface area contributed by atoms with Crippen LogP contribution in [0.3, 0.4) is 0 Å². The molecule has 0 saturated carbocycles. The van der Waals surface area contributed by atoms with Crippen LogP contribution in [0, 0.1) is 24.7 Å². The number of benzene rings is 2. The molecule has 35 heavy (non-hydrogen) atoms. The van der Waals surface area contributed by atoms with Gasteiger partial charge in [0.05, 0.1) is 19.9 Å². The molecule has 0 radical (unpaired) electrons. The van der Waals surface area contributed by atoms with Crippen LogP contribution in [0.1, 0.15) is 30.4 Å². The molecule has 0 heterocycles. The number of rotatable bonds is 8. The molecule has 2 aromatic carbocycles. The van der Waals surface area contributed by atoms with E-state index < -0.39 is 12.0 Å². The van der Waals surface area contributed by atoms with Crippen molar-refractivity contribution >= 4 is 52.6 Å². The largest absolute Gasteiger partial charge is 0.468 e. The van der Waals surface area contributed by atoms with Crippen LogP contribution >= 0.6 is 35.0 Å². The van der Waals surface area contributed by atoms with Gasteiger partial charge in [0.15, 0.2) is 0 Å². The molecular weight excluding hydrogens is 579 g/mol. The Labute approximate surface area is 228 Å². The van der Waals surface area contributed by atoms with E-state index in [0.29, 0.717) is 12.8 Å². The molecule has 2 N–H and O–H groups in total. The number of nitrogens with two attached hydrogens (primary N) is 1. The fourth-order valence-electron chi connectivity index (χ4n) is 2.31. The third kappa shape index (κ3) is 16.4. The monoisotopic (exact) mass is 610 g/mol. The molecule has 6 nitrogen and oxygen atoms in total. The highest BCUT2D eigenvalue weighted by atomic mass is 127. The average Bonchev–Trinajstić information content (AvgIpc) is 2.89. The smallest absolute Gasteiger partial charge is 0.327 e. The number of halogens is 2. The molecule has 0 saturated heterocycles. The van der Waals surface area contributed by atoms with Gasteiger partial charge >= 0.3 is 11.9 Å². The Bertz CT molecular complexity index is 913. The first kappa shape index (κ1) is 34.3. The maximum atomic E-state index is 11.2. The number of hydrogen-bond donors (Lipinski definition) is 1. The van der Waals surface area contributed by atoms with Gasteiger partial charge in [0.1, 0.15) is 12.6 Å². The van der Waals surface area contributed by atoms with Crippen LogP contribution in [0.4, 0.5) is 0 Å². The second-order valence-electron chi connectivity index (χ2n) is 6.49. The number of methoxy groups -OCH3 is 2. The van der Waals surface area contributed by atoms with Crippen LogP contribution in [-0.2, 0) is 19.1 Å². The SMILES string of the molecule is C#CCCC(N)C(=O)OC.C#CCCI.COC(=O)CN=C(c1ccccc1)c1ccccc1.Cl. The van der Waals surface area contributed by atoms with Gasteiger partial charge in [-0.2, -0.15) is 0 Å². The lowest BCUT2D eigenvalue weighted by molar-refractivity contribution is -0.142. The van der Waals surface area contributed by atoms with E-state index in [9.17, 15) is 9.59 Å². The van der Waals surface area contributed by atoms with E-state index in [1.165, 1.54) is 14.2 Å². The van der Waals surface area contributed by atoms with Crippen LogP contribution < -0.4 is 5.73 Å². The maximum Gasteiger partial charge on any atom is 0.327 e. The molecule has 0 aliphatic carbocycles. The number of esters is 2. The van der Waals surface area contributed by atoms with Crippen molar-refractivity contribution in [2.24, 2.45) is 10.7 Å². The Balaban J connectivity index is 0. The average molecular weight is 611 g/mol. The van der Waals surface area contributed by atoms with E-state index in [2.05, 4.69) is 48.9 Å². The maximum absolute atomic E-state index is 11.2. The highest BCUT2D eigenvalue weighted by molar-refractivity contribution is 14.1. The van der Waals surface area contributed by atoms with Crippen molar-refractivity contribution in [2.75, 3.05) is 25.2 Å².